The molecule has 2 amide bonds. The molecule has 0 aliphatic rings. The van der Waals surface area contributed by atoms with Crippen LogP contribution in [-0.2, 0) is 21.9 Å². The molecule has 2 aromatic rings. The van der Waals surface area contributed by atoms with Crippen molar-refractivity contribution in [3.05, 3.63) is 68.7 Å². The van der Waals surface area contributed by atoms with Gasteiger partial charge in [-0.3, -0.25) is 9.59 Å². The van der Waals surface area contributed by atoms with Crippen molar-refractivity contribution >= 4 is 58.4 Å². The summed E-state index contributed by atoms with van der Waals surface area (Å²) in [5, 5.41) is 4.41. The third kappa shape index (κ3) is 7.69. The summed E-state index contributed by atoms with van der Waals surface area (Å²) in [4.78, 5) is 27.1. The van der Waals surface area contributed by atoms with Gasteiger partial charge in [-0.25, -0.2) is 0 Å². The lowest BCUT2D eigenvalue weighted by molar-refractivity contribution is -0.138. The standard InChI is InChI=1S/C22H25Cl3N2O2S/c1-3-10-26-22(29)15(2)27(12-17-6-9-19(24)20(25)11-17)21(28)14-30-13-16-4-7-18(23)8-5-16/h4-9,11,15H,3,10,12-14H2,1-2H3,(H,26,29)/t15-/m1/s1. The van der Waals surface area contributed by atoms with Crippen LogP contribution in [0, 0.1) is 0 Å². The van der Waals surface area contributed by atoms with E-state index in [1.807, 2.05) is 37.3 Å². The number of carbonyl (C=O) groups is 2. The molecule has 0 fully saturated rings. The van der Waals surface area contributed by atoms with Crippen LogP contribution in [0.3, 0.4) is 0 Å². The molecule has 0 spiro atoms. The summed E-state index contributed by atoms with van der Waals surface area (Å²) < 4.78 is 0. The zero-order valence-electron chi connectivity index (χ0n) is 17.0. The minimum atomic E-state index is -0.602. The smallest absolute Gasteiger partial charge is 0.242 e. The van der Waals surface area contributed by atoms with Gasteiger partial charge in [0.1, 0.15) is 6.04 Å². The zero-order chi connectivity index (χ0) is 22.1. The molecule has 2 aromatic carbocycles. The molecule has 8 heteroatoms. The minimum Gasteiger partial charge on any atom is -0.354 e. The SMILES string of the molecule is CCCNC(=O)[C@@H](C)N(Cc1ccc(Cl)c(Cl)c1)C(=O)CSCc1ccc(Cl)cc1. The average molecular weight is 488 g/mol. The molecule has 2 rings (SSSR count). The van der Waals surface area contributed by atoms with Crippen molar-refractivity contribution in [1.82, 2.24) is 10.2 Å². The Labute approximate surface area is 197 Å². The summed E-state index contributed by atoms with van der Waals surface area (Å²) in [7, 11) is 0. The van der Waals surface area contributed by atoms with Crippen LogP contribution >= 0.6 is 46.6 Å². The van der Waals surface area contributed by atoms with E-state index in [1.165, 1.54) is 11.8 Å². The highest BCUT2D eigenvalue weighted by atomic mass is 35.5. The lowest BCUT2D eigenvalue weighted by atomic mass is 10.1. The van der Waals surface area contributed by atoms with Gasteiger partial charge >= 0.3 is 0 Å². The first-order chi connectivity index (χ1) is 14.3. The predicted molar refractivity (Wildman–Crippen MR) is 127 cm³/mol. The molecule has 162 valence electrons. The quantitative estimate of drug-likeness (QED) is 0.459. The van der Waals surface area contributed by atoms with Gasteiger partial charge in [-0.15, -0.1) is 11.8 Å². The Morgan fingerprint density at radius 1 is 1.03 bits per heavy atom. The predicted octanol–water partition coefficient (Wildman–Crippen LogP) is 5.82. The van der Waals surface area contributed by atoms with Crippen LogP contribution in [0.1, 0.15) is 31.4 Å². The van der Waals surface area contributed by atoms with Gasteiger partial charge in [0.2, 0.25) is 11.8 Å². The molecule has 0 saturated carbocycles. The van der Waals surface area contributed by atoms with Gasteiger partial charge in [-0.1, -0.05) is 59.9 Å². The second kappa shape index (κ2) is 12.5. The van der Waals surface area contributed by atoms with Gasteiger partial charge in [0.15, 0.2) is 0 Å². The van der Waals surface area contributed by atoms with Crippen molar-refractivity contribution in [3.8, 4) is 0 Å². The van der Waals surface area contributed by atoms with Gasteiger partial charge in [-0.2, -0.15) is 0 Å². The first-order valence-electron chi connectivity index (χ1n) is 9.65. The number of nitrogens with one attached hydrogen (secondary N) is 1. The van der Waals surface area contributed by atoms with E-state index < -0.39 is 6.04 Å². The Kier molecular flexibility index (Phi) is 10.3. The zero-order valence-corrected chi connectivity index (χ0v) is 20.0. The van der Waals surface area contributed by atoms with Gasteiger partial charge in [0.25, 0.3) is 0 Å². The van der Waals surface area contributed by atoms with Crippen molar-refractivity contribution in [2.45, 2.75) is 38.6 Å². The Balaban J connectivity index is 2.07. The highest BCUT2D eigenvalue weighted by Gasteiger charge is 2.26. The van der Waals surface area contributed by atoms with Gasteiger partial charge in [-0.05, 0) is 48.7 Å². The molecule has 0 aliphatic heterocycles. The Morgan fingerprint density at radius 2 is 1.70 bits per heavy atom. The van der Waals surface area contributed by atoms with E-state index in [0.29, 0.717) is 27.4 Å². The number of nitrogens with zero attached hydrogens (tertiary/aromatic N) is 1. The van der Waals surface area contributed by atoms with Crippen LogP contribution in [0.15, 0.2) is 42.5 Å². The molecule has 4 nitrogen and oxygen atoms in total. The molecule has 0 heterocycles. The maximum absolute atomic E-state index is 13.0. The van der Waals surface area contributed by atoms with Gasteiger partial charge in [0.05, 0.1) is 15.8 Å². The van der Waals surface area contributed by atoms with Crippen molar-refractivity contribution in [3.63, 3.8) is 0 Å². The van der Waals surface area contributed by atoms with E-state index >= 15 is 0 Å². The van der Waals surface area contributed by atoms with Crippen molar-refractivity contribution in [2.24, 2.45) is 0 Å². The number of hydrogen-bond donors (Lipinski definition) is 1. The normalized spacial score (nSPS) is 11.8. The number of thioether (sulfide) groups is 1. The van der Waals surface area contributed by atoms with Crippen LogP contribution in [-0.4, -0.2) is 35.1 Å². The van der Waals surface area contributed by atoms with Gasteiger partial charge in [0, 0.05) is 23.9 Å². The van der Waals surface area contributed by atoms with Crippen LogP contribution in [0.25, 0.3) is 0 Å². The van der Waals surface area contributed by atoms with E-state index in [-0.39, 0.29) is 24.1 Å². The fourth-order valence-electron chi connectivity index (χ4n) is 2.73. The summed E-state index contributed by atoms with van der Waals surface area (Å²) in [5.74, 6) is 0.655. The number of amides is 2. The summed E-state index contributed by atoms with van der Waals surface area (Å²) in [6.45, 7) is 4.57. The topological polar surface area (TPSA) is 49.4 Å². The molecule has 0 aliphatic carbocycles. The Hall–Kier alpha value is -1.40. The van der Waals surface area contributed by atoms with E-state index in [2.05, 4.69) is 5.32 Å². The monoisotopic (exact) mass is 486 g/mol. The number of hydrogen-bond acceptors (Lipinski definition) is 3. The summed E-state index contributed by atoms with van der Waals surface area (Å²) >= 11 is 19.5. The molecule has 1 N–H and O–H groups in total. The summed E-state index contributed by atoms with van der Waals surface area (Å²) in [5.41, 5.74) is 1.90. The van der Waals surface area contributed by atoms with E-state index in [9.17, 15) is 9.59 Å². The Bertz CT molecular complexity index is 862. The van der Waals surface area contributed by atoms with Crippen LogP contribution in [0.2, 0.25) is 15.1 Å². The van der Waals surface area contributed by atoms with Crippen LogP contribution < -0.4 is 5.32 Å². The van der Waals surface area contributed by atoms with E-state index in [4.69, 9.17) is 34.8 Å². The molecular formula is C22H25Cl3N2O2S. The number of rotatable bonds is 10. The molecule has 0 bridgehead atoms. The number of carbonyl (C=O) groups excluding carboxylic acids is 2. The second-order valence-corrected chi connectivity index (χ2v) is 9.09. The van der Waals surface area contributed by atoms with Crippen LogP contribution in [0.4, 0.5) is 0 Å². The third-order valence-corrected chi connectivity index (χ3v) is 6.44. The first kappa shape index (κ1) is 24.9. The lowest BCUT2D eigenvalue weighted by Gasteiger charge is -2.29. The molecule has 0 unspecified atom stereocenters. The Morgan fingerprint density at radius 3 is 2.33 bits per heavy atom. The summed E-state index contributed by atoms with van der Waals surface area (Å²) in [6, 6.07) is 12.2. The maximum atomic E-state index is 13.0. The average Bonchev–Trinajstić information content (AvgIpc) is 2.73. The largest absolute Gasteiger partial charge is 0.354 e. The molecule has 0 aromatic heterocycles. The lowest BCUT2D eigenvalue weighted by Crippen LogP contribution is -2.48. The van der Waals surface area contributed by atoms with Crippen molar-refractivity contribution in [2.75, 3.05) is 12.3 Å². The molecule has 0 radical (unpaired) electrons. The van der Waals surface area contributed by atoms with Gasteiger partial charge < -0.3 is 10.2 Å². The molecule has 1 atom stereocenters. The van der Waals surface area contributed by atoms with Crippen molar-refractivity contribution in [1.29, 1.82) is 0 Å². The minimum absolute atomic E-state index is 0.112. The highest BCUT2D eigenvalue weighted by molar-refractivity contribution is 7.99. The molecular weight excluding hydrogens is 463 g/mol. The van der Waals surface area contributed by atoms with E-state index in [0.717, 1.165) is 17.5 Å². The molecule has 30 heavy (non-hydrogen) atoms. The number of benzene rings is 2. The van der Waals surface area contributed by atoms with Crippen LogP contribution in [0.5, 0.6) is 0 Å². The highest BCUT2D eigenvalue weighted by Crippen LogP contribution is 2.24. The molecule has 0 saturated heterocycles. The number of halogens is 3. The third-order valence-electron chi connectivity index (χ3n) is 4.46. The first-order valence-corrected chi connectivity index (χ1v) is 11.9. The fraction of sp³-hybridized carbons (Fsp3) is 0.364. The second-order valence-electron chi connectivity index (χ2n) is 6.86. The maximum Gasteiger partial charge on any atom is 0.242 e. The van der Waals surface area contributed by atoms with E-state index in [1.54, 1.807) is 24.0 Å². The summed E-state index contributed by atoms with van der Waals surface area (Å²) in [6.07, 6.45) is 0.830. The van der Waals surface area contributed by atoms with Crippen molar-refractivity contribution < 1.29 is 9.59 Å². The fourth-order valence-corrected chi connectivity index (χ4v) is 4.05.